The van der Waals surface area contributed by atoms with Crippen LogP contribution < -0.4 is 11.1 Å². The number of amides is 1. The van der Waals surface area contributed by atoms with Crippen LogP contribution >= 0.6 is 0 Å². The van der Waals surface area contributed by atoms with Crippen LogP contribution in [0.3, 0.4) is 0 Å². The van der Waals surface area contributed by atoms with Crippen molar-refractivity contribution in [1.29, 1.82) is 0 Å². The first-order valence-electron chi connectivity index (χ1n) is 8.14. The molecule has 0 aromatic heterocycles. The van der Waals surface area contributed by atoms with E-state index < -0.39 is 5.54 Å². The highest BCUT2D eigenvalue weighted by atomic mass is 16.1. The van der Waals surface area contributed by atoms with Crippen molar-refractivity contribution in [3.8, 4) is 0 Å². The number of likely N-dealkylation sites (N-methyl/N-ethyl adjacent to an activating group) is 1. The van der Waals surface area contributed by atoms with Crippen LogP contribution in [0.25, 0.3) is 0 Å². The Kier molecular flexibility index (Phi) is 9.86. The molecule has 0 bridgehead atoms. The summed E-state index contributed by atoms with van der Waals surface area (Å²) in [6.45, 7) is 12.1. The zero-order chi connectivity index (χ0) is 15.6. The lowest BCUT2D eigenvalue weighted by Gasteiger charge is -2.27. The Morgan fingerprint density at radius 2 is 1.85 bits per heavy atom. The fraction of sp³-hybridized carbons (Fsp3) is 0.938. The predicted molar refractivity (Wildman–Crippen MR) is 86.7 cm³/mol. The number of nitrogens with zero attached hydrogens (tertiary/aromatic N) is 1. The predicted octanol–water partition coefficient (Wildman–Crippen LogP) is 2.38. The Morgan fingerprint density at radius 1 is 1.25 bits per heavy atom. The van der Waals surface area contributed by atoms with Crippen LogP contribution in [0, 0.1) is 5.92 Å². The molecular formula is C16H35N3O. The molecule has 20 heavy (non-hydrogen) atoms. The van der Waals surface area contributed by atoms with Gasteiger partial charge in [0.1, 0.15) is 0 Å². The van der Waals surface area contributed by atoms with Crippen molar-refractivity contribution in [2.45, 2.75) is 65.3 Å². The van der Waals surface area contributed by atoms with E-state index in [-0.39, 0.29) is 5.91 Å². The van der Waals surface area contributed by atoms with E-state index in [1.165, 1.54) is 19.4 Å². The van der Waals surface area contributed by atoms with Gasteiger partial charge in [0.15, 0.2) is 0 Å². The standard InChI is InChI=1S/C16H35N3O/c1-6-14(7-2)13-19(8-3)12-10-9-11-16(4,18-5)15(17)20/h14,18H,6-13H2,1-5H3,(H2,17,20). The van der Waals surface area contributed by atoms with Gasteiger partial charge in [0, 0.05) is 6.54 Å². The molecule has 0 rings (SSSR count). The number of rotatable bonds is 12. The Bertz CT molecular complexity index is 266. The van der Waals surface area contributed by atoms with Gasteiger partial charge in [-0.2, -0.15) is 0 Å². The van der Waals surface area contributed by atoms with E-state index in [2.05, 4.69) is 31.0 Å². The lowest BCUT2D eigenvalue weighted by molar-refractivity contribution is -0.123. The van der Waals surface area contributed by atoms with E-state index >= 15 is 0 Å². The van der Waals surface area contributed by atoms with Gasteiger partial charge in [-0.25, -0.2) is 0 Å². The molecule has 0 saturated carbocycles. The SMILES string of the molecule is CCC(CC)CN(CC)CCCCC(C)(NC)C(N)=O. The number of primary amides is 1. The van der Waals surface area contributed by atoms with Crippen molar-refractivity contribution in [2.75, 3.05) is 26.7 Å². The largest absolute Gasteiger partial charge is 0.368 e. The van der Waals surface area contributed by atoms with Gasteiger partial charge in [-0.05, 0) is 52.2 Å². The summed E-state index contributed by atoms with van der Waals surface area (Å²) in [5.74, 6) is 0.549. The van der Waals surface area contributed by atoms with Gasteiger partial charge in [0.05, 0.1) is 5.54 Å². The number of nitrogens with one attached hydrogen (secondary N) is 1. The second-order valence-corrected chi connectivity index (χ2v) is 5.98. The molecule has 1 unspecified atom stereocenters. The minimum Gasteiger partial charge on any atom is -0.368 e. The van der Waals surface area contributed by atoms with Crippen LogP contribution in [0.1, 0.15) is 59.8 Å². The summed E-state index contributed by atoms with van der Waals surface area (Å²) in [4.78, 5) is 13.9. The number of unbranched alkanes of at least 4 members (excludes halogenated alkanes) is 1. The number of carbonyl (C=O) groups excluding carboxylic acids is 1. The molecule has 0 aromatic rings. The molecule has 0 spiro atoms. The molecule has 0 saturated heterocycles. The molecule has 0 fully saturated rings. The van der Waals surface area contributed by atoms with Gasteiger partial charge in [-0.3, -0.25) is 4.79 Å². The minimum absolute atomic E-state index is 0.260. The first-order valence-corrected chi connectivity index (χ1v) is 8.14. The van der Waals surface area contributed by atoms with E-state index in [0.717, 1.165) is 38.3 Å². The molecule has 4 heteroatoms. The number of hydrogen-bond acceptors (Lipinski definition) is 3. The van der Waals surface area contributed by atoms with Crippen LogP contribution in [0.5, 0.6) is 0 Å². The Morgan fingerprint density at radius 3 is 2.25 bits per heavy atom. The number of nitrogens with two attached hydrogens (primary N) is 1. The Balaban J connectivity index is 4.05. The van der Waals surface area contributed by atoms with Crippen molar-refractivity contribution in [1.82, 2.24) is 10.2 Å². The molecule has 0 heterocycles. The fourth-order valence-electron chi connectivity index (χ4n) is 2.48. The van der Waals surface area contributed by atoms with E-state index in [4.69, 9.17) is 5.73 Å². The van der Waals surface area contributed by atoms with Crippen LogP contribution in [0.4, 0.5) is 0 Å². The molecule has 3 N–H and O–H groups in total. The molecule has 0 aromatic carbocycles. The molecule has 0 aliphatic rings. The topological polar surface area (TPSA) is 58.4 Å². The van der Waals surface area contributed by atoms with Crippen LogP contribution in [0.2, 0.25) is 0 Å². The third kappa shape index (κ3) is 6.71. The summed E-state index contributed by atoms with van der Waals surface area (Å²) < 4.78 is 0. The van der Waals surface area contributed by atoms with Gasteiger partial charge >= 0.3 is 0 Å². The summed E-state index contributed by atoms with van der Waals surface area (Å²) in [5.41, 5.74) is 4.88. The quantitative estimate of drug-likeness (QED) is 0.541. The van der Waals surface area contributed by atoms with Gasteiger partial charge in [0.2, 0.25) is 5.91 Å². The lowest BCUT2D eigenvalue weighted by Crippen LogP contribution is -2.51. The second kappa shape index (κ2) is 10.2. The molecule has 1 amide bonds. The second-order valence-electron chi connectivity index (χ2n) is 5.98. The van der Waals surface area contributed by atoms with Gasteiger partial charge in [-0.1, -0.05) is 33.6 Å². The maximum Gasteiger partial charge on any atom is 0.237 e. The molecule has 120 valence electrons. The molecular weight excluding hydrogens is 250 g/mol. The molecule has 1 atom stereocenters. The number of carbonyl (C=O) groups is 1. The summed E-state index contributed by atoms with van der Waals surface area (Å²) in [7, 11) is 1.80. The highest BCUT2D eigenvalue weighted by molar-refractivity contribution is 5.84. The molecule has 0 aliphatic carbocycles. The average molecular weight is 285 g/mol. The lowest BCUT2D eigenvalue weighted by atomic mass is 9.94. The first-order chi connectivity index (χ1) is 9.43. The normalized spacial score (nSPS) is 14.8. The molecule has 4 nitrogen and oxygen atoms in total. The van der Waals surface area contributed by atoms with Crippen molar-refractivity contribution in [2.24, 2.45) is 11.7 Å². The van der Waals surface area contributed by atoms with Crippen LogP contribution in [-0.4, -0.2) is 43.0 Å². The Hall–Kier alpha value is -0.610. The Labute approximate surface area is 125 Å². The summed E-state index contributed by atoms with van der Waals surface area (Å²) in [6, 6.07) is 0. The first kappa shape index (κ1) is 19.4. The number of hydrogen-bond donors (Lipinski definition) is 2. The van der Waals surface area contributed by atoms with E-state index in [1.807, 2.05) is 6.92 Å². The highest BCUT2D eigenvalue weighted by Crippen LogP contribution is 2.14. The van der Waals surface area contributed by atoms with Crippen LogP contribution in [-0.2, 0) is 4.79 Å². The third-order valence-electron chi connectivity index (χ3n) is 4.62. The maximum absolute atomic E-state index is 11.4. The third-order valence-corrected chi connectivity index (χ3v) is 4.62. The minimum atomic E-state index is -0.563. The van der Waals surface area contributed by atoms with Crippen LogP contribution in [0.15, 0.2) is 0 Å². The highest BCUT2D eigenvalue weighted by Gasteiger charge is 2.27. The van der Waals surface area contributed by atoms with Crippen molar-refractivity contribution in [3.63, 3.8) is 0 Å². The summed E-state index contributed by atoms with van der Waals surface area (Å²) >= 11 is 0. The fourth-order valence-corrected chi connectivity index (χ4v) is 2.48. The van der Waals surface area contributed by atoms with E-state index in [0.29, 0.717) is 0 Å². The van der Waals surface area contributed by atoms with Crippen molar-refractivity contribution < 1.29 is 4.79 Å². The van der Waals surface area contributed by atoms with Gasteiger partial charge < -0.3 is 16.0 Å². The van der Waals surface area contributed by atoms with Gasteiger partial charge in [-0.15, -0.1) is 0 Å². The van der Waals surface area contributed by atoms with Crippen molar-refractivity contribution >= 4 is 5.91 Å². The van der Waals surface area contributed by atoms with E-state index in [1.54, 1.807) is 7.05 Å². The average Bonchev–Trinajstić information content (AvgIpc) is 2.46. The monoisotopic (exact) mass is 285 g/mol. The summed E-state index contributed by atoms with van der Waals surface area (Å²) in [6.07, 6.45) is 5.47. The van der Waals surface area contributed by atoms with Crippen molar-refractivity contribution in [3.05, 3.63) is 0 Å². The van der Waals surface area contributed by atoms with E-state index in [9.17, 15) is 4.79 Å². The smallest absolute Gasteiger partial charge is 0.237 e. The van der Waals surface area contributed by atoms with Gasteiger partial charge in [0.25, 0.3) is 0 Å². The summed E-state index contributed by atoms with van der Waals surface area (Å²) in [5, 5.41) is 3.04. The molecule has 0 aliphatic heterocycles. The maximum atomic E-state index is 11.4. The zero-order valence-corrected chi connectivity index (χ0v) is 14.2. The molecule has 0 radical (unpaired) electrons. The zero-order valence-electron chi connectivity index (χ0n) is 14.2.